The van der Waals surface area contributed by atoms with Gasteiger partial charge in [-0.1, -0.05) is 38.3 Å². The first-order valence-corrected chi connectivity index (χ1v) is 12.6. The second-order valence-electron chi connectivity index (χ2n) is 8.57. The van der Waals surface area contributed by atoms with Crippen LogP contribution in [0.1, 0.15) is 61.4 Å². The van der Waals surface area contributed by atoms with Crippen LogP contribution in [0, 0.1) is 0 Å². The number of benzene rings is 2. The molecule has 0 aliphatic carbocycles. The van der Waals surface area contributed by atoms with E-state index in [2.05, 4.69) is 11.3 Å². The molecule has 0 saturated carbocycles. The molecule has 38 heavy (non-hydrogen) atoms. The lowest BCUT2D eigenvalue weighted by atomic mass is 10.1. The van der Waals surface area contributed by atoms with E-state index in [0.717, 1.165) is 38.5 Å². The standard InChI is InChI=1S/C30H36O8/c1-22(2)29(32)37-20-10-8-6-5-7-9-19-36-25-15-13-24(14-16-25)30(33)38-26-17-11-23(21-27(26)34-3)12-18-28(31)35-4/h11-18,21H,1,5-10,19-20H2,2-4H3/b18-12+. The maximum atomic E-state index is 12.6. The van der Waals surface area contributed by atoms with Crippen LogP contribution in [-0.2, 0) is 19.1 Å². The summed E-state index contributed by atoms with van der Waals surface area (Å²) in [6.45, 7) is 6.23. The number of rotatable bonds is 16. The Bertz CT molecular complexity index is 1100. The van der Waals surface area contributed by atoms with Crippen LogP contribution in [0.3, 0.4) is 0 Å². The molecule has 0 heterocycles. The minimum Gasteiger partial charge on any atom is -0.494 e. The number of carbonyl (C=O) groups excluding carboxylic acids is 3. The Kier molecular flexibility index (Phi) is 13.2. The van der Waals surface area contributed by atoms with E-state index >= 15 is 0 Å². The highest BCUT2D eigenvalue weighted by molar-refractivity contribution is 5.91. The van der Waals surface area contributed by atoms with E-state index in [9.17, 15) is 14.4 Å². The van der Waals surface area contributed by atoms with Crippen LogP contribution in [0.25, 0.3) is 6.08 Å². The molecular formula is C30H36O8. The van der Waals surface area contributed by atoms with Crippen LogP contribution in [0.5, 0.6) is 17.2 Å². The van der Waals surface area contributed by atoms with Crippen LogP contribution in [0.2, 0.25) is 0 Å². The van der Waals surface area contributed by atoms with Crippen molar-refractivity contribution in [2.75, 3.05) is 27.4 Å². The highest BCUT2D eigenvalue weighted by Crippen LogP contribution is 2.29. The summed E-state index contributed by atoms with van der Waals surface area (Å²) in [5.41, 5.74) is 1.49. The number of unbranched alkanes of at least 4 members (excludes halogenated alkanes) is 5. The molecule has 0 bridgehead atoms. The predicted molar refractivity (Wildman–Crippen MR) is 144 cm³/mol. The fourth-order valence-corrected chi connectivity index (χ4v) is 3.34. The quantitative estimate of drug-likeness (QED) is 0.115. The zero-order valence-electron chi connectivity index (χ0n) is 22.3. The van der Waals surface area contributed by atoms with Gasteiger partial charge < -0.3 is 23.7 Å². The molecule has 0 fully saturated rings. The van der Waals surface area contributed by atoms with Crippen molar-refractivity contribution in [3.63, 3.8) is 0 Å². The van der Waals surface area contributed by atoms with Gasteiger partial charge in [0.05, 0.1) is 33.0 Å². The van der Waals surface area contributed by atoms with Gasteiger partial charge >= 0.3 is 17.9 Å². The van der Waals surface area contributed by atoms with Crippen molar-refractivity contribution in [3.8, 4) is 17.2 Å². The van der Waals surface area contributed by atoms with E-state index in [4.69, 9.17) is 18.9 Å². The number of ether oxygens (including phenoxy) is 5. The topological polar surface area (TPSA) is 97.4 Å². The van der Waals surface area contributed by atoms with Gasteiger partial charge in [0.1, 0.15) is 5.75 Å². The van der Waals surface area contributed by atoms with Crippen molar-refractivity contribution in [3.05, 3.63) is 71.8 Å². The van der Waals surface area contributed by atoms with Gasteiger partial charge in [0.2, 0.25) is 0 Å². The van der Waals surface area contributed by atoms with Gasteiger partial charge in [0.25, 0.3) is 0 Å². The molecule has 2 aromatic carbocycles. The normalized spacial score (nSPS) is 10.6. The summed E-state index contributed by atoms with van der Waals surface area (Å²) in [5.74, 6) is -0.0240. The van der Waals surface area contributed by atoms with Crippen molar-refractivity contribution in [1.29, 1.82) is 0 Å². The van der Waals surface area contributed by atoms with Crippen molar-refractivity contribution < 1.29 is 38.1 Å². The number of methoxy groups -OCH3 is 2. The van der Waals surface area contributed by atoms with Crippen molar-refractivity contribution >= 4 is 24.0 Å². The van der Waals surface area contributed by atoms with Crippen LogP contribution >= 0.6 is 0 Å². The number of hydrogen-bond acceptors (Lipinski definition) is 8. The average Bonchev–Trinajstić information content (AvgIpc) is 2.93. The van der Waals surface area contributed by atoms with E-state index in [1.54, 1.807) is 55.5 Å². The molecule has 0 aliphatic heterocycles. The molecule has 0 amide bonds. The van der Waals surface area contributed by atoms with Gasteiger partial charge in [0.15, 0.2) is 11.5 Å². The van der Waals surface area contributed by atoms with Gasteiger partial charge in [-0.25, -0.2) is 14.4 Å². The van der Waals surface area contributed by atoms with Crippen molar-refractivity contribution in [2.45, 2.75) is 45.4 Å². The first kappa shape index (κ1) is 30.2. The Balaban J connectivity index is 1.70. The molecule has 0 N–H and O–H groups in total. The molecule has 0 aromatic heterocycles. The summed E-state index contributed by atoms with van der Waals surface area (Å²) in [5, 5.41) is 0. The first-order chi connectivity index (χ1) is 18.3. The molecule has 8 nitrogen and oxygen atoms in total. The van der Waals surface area contributed by atoms with E-state index < -0.39 is 11.9 Å². The molecule has 2 rings (SSSR count). The Labute approximate surface area is 224 Å². The smallest absolute Gasteiger partial charge is 0.343 e. The van der Waals surface area contributed by atoms with Crippen LogP contribution in [0.15, 0.2) is 60.7 Å². The van der Waals surface area contributed by atoms with Crippen molar-refractivity contribution in [1.82, 2.24) is 0 Å². The Morgan fingerprint density at radius 2 is 1.50 bits per heavy atom. The van der Waals surface area contributed by atoms with E-state index in [1.165, 1.54) is 20.3 Å². The molecule has 0 radical (unpaired) electrons. The predicted octanol–water partition coefficient (Wildman–Crippen LogP) is 5.94. The van der Waals surface area contributed by atoms with Gasteiger partial charge in [-0.2, -0.15) is 0 Å². The second kappa shape index (κ2) is 16.6. The first-order valence-electron chi connectivity index (χ1n) is 12.6. The SMILES string of the molecule is C=C(C)C(=O)OCCCCCCCCOc1ccc(C(=O)Oc2ccc(/C=C/C(=O)OC)cc2OC)cc1. The van der Waals surface area contributed by atoms with Gasteiger partial charge in [-0.05, 0) is 67.8 Å². The molecule has 0 saturated heterocycles. The molecule has 0 spiro atoms. The minimum absolute atomic E-state index is 0.265. The minimum atomic E-state index is -0.526. The summed E-state index contributed by atoms with van der Waals surface area (Å²) in [6, 6.07) is 11.7. The van der Waals surface area contributed by atoms with Crippen LogP contribution in [-0.4, -0.2) is 45.3 Å². The van der Waals surface area contributed by atoms with E-state index in [0.29, 0.717) is 41.4 Å². The van der Waals surface area contributed by atoms with Crippen molar-refractivity contribution in [2.24, 2.45) is 0 Å². The summed E-state index contributed by atoms with van der Waals surface area (Å²) in [7, 11) is 2.77. The lowest BCUT2D eigenvalue weighted by molar-refractivity contribution is -0.139. The molecule has 204 valence electrons. The fraction of sp³-hybridized carbons (Fsp3) is 0.367. The van der Waals surface area contributed by atoms with Gasteiger partial charge in [0, 0.05) is 11.6 Å². The number of carbonyl (C=O) groups is 3. The zero-order chi connectivity index (χ0) is 27.8. The largest absolute Gasteiger partial charge is 0.494 e. The Hall–Kier alpha value is -4.07. The van der Waals surface area contributed by atoms with Crippen LogP contribution in [0.4, 0.5) is 0 Å². The van der Waals surface area contributed by atoms with Crippen LogP contribution < -0.4 is 14.2 Å². The monoisotopic (exact) mass is 524 g/mol. The Morgan fingerprint density at radius 3 is 2.13 bits per heavy atom. The third-order valence-electron chi connectivity index (χ3n) is 5.48. The summed E-state index contributed by atoms with van der Waals surface area (Å²) < 4.78 is 26.2. The molecule has 2 aromatic rings. The molecular weight excluding hydrogens is 488 g/mol. The molecule has 8 heteroatoms. The highest BCUT2D eigenvalue weighted by Gasteiger charge is 2.13. The third-order valence-corrected chi connectivity index (χ3v) is 5.48. The average molecular weight is 525 g/mol. The van der Waals surface area contributed by atoms with E-state index in [1.807, 2.05) is 0 Å². The fourth-order valence-electron chi connectivity index (χ4n) is 3.34. The highest BCUT2D eigenvalue weighted by atomic mass is 16.6. The lowest BCUT2D eigenvalue weighted by Gasteiger charge is -2.11. The Morgan fingerprint density at radius 1 is 0.842 bits per heavy atom. The second-order valence-corrected chi connectivity index (χ2v) is 8.57. The number of hydrogen-bond donors (Lipinski definition) is 0. The maximum Gasteiger partial charge on any atom is 0.343 e. The lowest BCUT2D eigenvalue weighted by Crippen LogP contribution is -2.09. The van der Waals surface area contributed by atoms with Gasteiger partial charge in [-0.15, -0.1) is 0 Å². The summed E-state index contributed by atoms with van der Waals surface area (Å²) in [4.78, 5) is 35.2. The zero-order valence-corrected chi connectivity index (χ0v) is 22.3. The summed E-state index contributed by atoms with van der Waals surface area (Å²) >= 11 is 0. The van der Waals surface area contributed by atoms with Gasteiger partial charge in [-0.3, -0.25) is 0 Å². The third kappa shape index (κ3) is 10.9. The molecule has 0 aliphatic rings. The number of esters is 3. The molecule has 0 atom stereocenters. The van der Waals surface area contributed by atoms with E-state index in [-0.39, 0.29) is 11.7 Å². The maximum absolute atomic E-state index is 12.6. The summed E-state index contributed by atoms with van der Waals surface area (Å²) in [6.07, 6.45) is 8.90. The molecule has 0 unspecified atom stereocenters.